The van der Waals surface area contributed by atoms with Crippen molar-refractivity contribution < 1.29 is 14.3 Å². The molecule has 0 unspecified atom stereocenters. The van der Waals surface area contributed by atoms with E-state index in [4.69, 9.17) is 32.7 Å². The number of hydrogen-bond donors (Lipinski definition) is 0. The van der Waals surface area contributed by atoms with Gasteiger partial charge in [0.15, 0.2) is 5.76 Å². The first-order valence-corrected chi connectivity index (χ1v) is 12.4. The molecular weight excluding hydrogens is 481 g/mol. The molecule has 0 fully saturated rings. The minimum Gasteiger partial charge on any atom is -0.478 e. The van der Waals surface area contributed by atoms with Crippen LogP contribution in [0.15, 0.2) is 60.4 Å². The van der Waals surface area contributed by atoms with Crippen LogP contribution in [0.2, 0.25) is 10.0 Å². The highest BCUT2D eigenvalue weighted by Crippen LogP contribution is 2.42. The average Bonchev–Trinajstić information content (AvgIpc) is 3.14. The van der Waals surface area contributed by atoms with Gasteiger partial charge in [-0.2, -0.15) is 0 Å². The molecular formula is C29H27Cl2NO3. The zero-order valence-corrected chi connectivity index (χ0v) is 21.5. The highest BCUT2D eigenvalue weighted by molar-refractivity contribution is 6.35. The minimum atomic E-state index is -0.104. The molecule has 0 spiro atoms. The molecule has 3 aromatic rings. The highest BCUT2D eigenvalue weighted by atomic mass is 35.5. The third-order valence-corrected chi connectivity index (χ3v) is 7.06. The molecule has 5 rings (SSSR count). The summed E-state index contributed by atoms with van der Waals surface area (Å²) in [6.45, 7) is 8.39. The van der Waals surface area contributed by atoms with Gasteiger partial charge in [-0.1, -0.05) is 74.3 Å². The van der Waals surface area contributed by atoms with Gasteiger partial charge in [-0.25, -0.2) is 0 Å². The summed E-state index contributed by atoms with van der Waals surface area (Å²) in [6.07, 6.45) is 2.57. The molecule has 2 aliphatic rings. The van der Waals surface area contributed by atoms with E-state index in [-0.39, 0.29) is 11.2 Å². The molecule has 6 heteroatoms. The Morgan fingerprint density at radius 1 is 1.03 bits per heavy atom. The SMILES string of the molecule is CC(C)(C)c1ccc(/C=C2\Oc3c(ccc4c3CN(CCc3ccc(Cl)cc3Cl)CO4)C2=O)cc1. The number of ketones is 1. The van der Waals surface area contributed by atoms with Gasteiger partial charge in [0, 0.05) is 23.1 Å². The summed E-state index contributed by atoms with van der Waals surface area (Å²) in [5, 5.41) is 1.29. The van der Waals surface area contributed by atoms with Crippen molar-refractivity contribution in [3.63, 3.8) is 0 Å². The maximum absolute atomic E-state index is 13.1. The third-order valence-electron chi connectivity index (χ3n) is 6.47. The number of fused-ring (bicyclic) bond motifs is 3. The Kier molecular flexibility index (Phi) is 6.39. The monoisotopic (exact) mass is 507 g/mol. The summed E-state index contributed by atoms with van der Waals surface area (Å²) in [5.74, 6) is 1.59. The fraction of sp³-hybridized carbons (Fsp3) is 0.276. The van der Waals surface area contributed by atoms with Gasteiger partial charge in [0.25, 0.3) is 0 Å². The van der Waals surface area contributed by atoms with E-state index in [2.05, 4.69) is 37.8 Å². The van der Waals surface area contributed by atoms with Gasteiger partial charge in [0.1, 0.15) is 18.2 Å². The second kappa shape index (κ2) is 9.34. The molecule has 0 bridgehead atoms. The molecule has 4 nitrogen and oxygen atoms in total. The molecule has 0 N–H and O–H groups in total. The van der Waals surface area contributed by atoms with Gasteiger partial charge in [-0.15, -0.1) is 0 Å². The summed E-state index contributed by atoms with van der Waals surface area (Å²) in [5.41, 5.74) is 4.76. The number of hydrogen-bond acceptors (Lipinski definition) is 4. The van der Waals surface area contributed by atoms with Crippen molar-refractivity contribution in [1.82, 2.24) is 4.90 Å². The Morgan fingerprint density at radius 2 is 1.80 bits per heavy atom. The summed E-state index contributed by atoms with van der Waals surface area (Å²) in [6, 6.07) is 17.5. The minimum absolute atomic E-state index is 0.0748. The molecule has 35 heavy (non-hydrogen) atoms. The maximum Gasteiger partial charge on any atom is 0.231 e. The second-order valence-corrected chi connectivity index (χ2v) is 10.9. The lowest BCUT2D eigenvalue weighted by atomic mass is 9.86. The molecule has 2 heterocycles. The van der Waals surface area contributed by atoms with Crippen molar-refractivity contribution in [1.29, 1.82) is 0 Å². The van der Waals surface area contributed by atoms with Crippen molar-refractivity contribution in [2.45, 2.75) is 39.2 Å². The Balaban J connectivity index is 1.34. The molecule has 0 radical (unpaired) electrons. The second-order valence-electron chi connectivity index (χ2n) is 10.0. The normalized spacial score (nSPS) is 16.6. The third kappa shape index (κ3) is 4.97. The number of nitrogens with zero attached hydrogens (tertiary/aromatic N) is 1. The van der Waals surface area contributed by atoms with Crippen LogP contribution in [-0.2, 0) is 18.4 Å². The zero-order valence-electron chi connectivity index (χ0n) is 20.0. The molecule has 180 valence electrons. The summed E-state index contributed by atoms with van der Waals surface area (Å²) in [4.78, 5) is 15.3. The summed E-state index contributed by atoms with van der Waals surface area (Å²) in [7, 11) is 0. The molecule has 3 aromatic carbocycles. The molecule has 0 atom stereocenters. The van der Waals surface area contributed by atoms with Crippen LogP contribution in [0.25, 0.3) is 6.08 Å². The molecule has 0 aromatic heterocycles. The predicted octanol–water partition coefficient (Wildman–Crippen LogP) is 7.30. The molecule has 0 aliphatic carbocycles. The van der Waals surface area contributed by atoms with Gasteiger partial charge < -0.3 is 9.47 Å². The first-order valence-electron chi connectivity index (χ1n) is 11.7. The van der Waals surface area contributed by atoms with Gasteiger partial charge in [0.2, 0.25) is 5.78 Å². The van der Waals surface area contributed by atoms with Crippen molar-refractivity contribution in [3.05, 3.63) is 98.2 Å². The highest BCUT2D eigenvalue weighted by Gasteiger charge is 2.33. The number of Topliss-reactive ketones (excluding diaryl/α,β-unsaturated/α-hetero) is 1. The van der Waals surface area contributed by atoms with Crippen LogP contribution >= 0.6 is 23.2 Å². The van der Waals surface area contributed by atoms with Crippen LogP contribution in [0.1, 0.15) is 53.4 Å². The van der Waals surface area contributed by atoms with E-state index in [1.165, 1.54) is 5.56 Å². The summed E-state index contributed by atoms with van der Waals surface area (Å²) >= 11 is 12.4. The zero-order chi connectivity index (χ0) is 24.7. The van der Waals surface area contributed by atoms with E-state index in [9.17, 15) is 4.79 Å². The molecule has 0 saturated heterocycles. The molecule has 0 amide bonds. The number of ether oxygens (including phenoxy) is 2. The largest absolute Gasteiger partial charge is 0.478 e. The van der Waals surface area contributed by atoms with E-state index >= 15 is 0 Å². The molecule has 2 aliphatic heterocycles. The van der Waals surface area contributed by atoms with E-state index in [0.717, 1.165) is 35.4 Å². The quantitative estimate of drug-likeness (QED) is 0.347. The number of carbonyl (C=O) groups excluding carboxylic acids is 1. The van der Waals surface area contributed by atoms with Crippen LogP contribution in [0.4, 0.5) is 0 Å². The first-order chi connectivity index (χ1) is 16.7. The Hall–Kier alpha value is -2.79. The van der Waals surface area contributed by atoms with Crippen LogP contribution in [0.5, 0.6) is 11.5 Å². The predicted molar refractivity (Wildman–Crippen MR) is 141 cm³/mol. The average molecular weight is 508 g/mol. The Labute approximate surface area is 216 Å². The van der Waals surface area contributed by atoms with Gasteiger partial charge in [-0.05, 0) is 58.9 Å². The van der Waals surface area contributed by atoms with E-state index < -0.39 is 0 Å². The number of rotatable bonds is 4. The van der Waals surface area contributed by atoms with Crippen molar-refractivity contribution in [3.8, 4) is 11.5 Å². The van der Waals surface area contributed by atoms with E-state index in [0.29, 0.717) is 40.4 Å². The number of carbonyl (C=O) groups is 1. The van der Waals surface area contributed by atoms with E-state index in [1.54, 1.807) is 12.1 Å². The standard InChI is InChI=1S/C29H27Cl2NO3/c1-29(2,3)20-7-4-18(5-8-20)14-26-27(33)22-10-11-25-23(28(22)35-26)16-32(17-34-25)13-12-19-6-9-21(30)15-24(19)31/h4-11,14-15H,12-13,16-17H2,1-3H3/b26-14-. The van der Waals surface area contributed by atoms with Crippen molar-refractivity contribution in [2.75, 3.05) is 13.3 Å². The van der Waals surface area contributed by atoms with Crippen molar-refractivity contribution >= 4 is 35.1 Å². The summed E-state index contributed by atoms with van der Waals surface area (Å²) < 4.78 is 12.1. The smallest absolute Gasteiger partial charge is 0.231 e. The van der Waals surface area contributed by atoms with Crippen LogP contribution < -0.4 is 9.47 Å². The van der Waals surface area contributed by atoms with Crippen LogP contribution in [0.3, 0.4) is 0 Å². The Morgan fingerprint density at radius 3 is 2.51 bits per heavy atom. The number of allylic oxidation sites excluding steroid dienone is 1. The lowest BCUT2D eigenvalue weighted by Gasteiger charge is -2.29. The van der Waals surface area contributed by atoms with Gasteiger partial charge >= 0.3 is 0 Å². The van der Waals surface area contributed by atoms with E-state index in [1.807, 2.05) is 36.4 Å². The van der Waals surface area contributed by atoms with Crippen LogP contribution in [-0.4, -0.2) is 24.0 Å². The Bertz CT molecular complexity index is 1320. The van der Waals surface area contributed by atoms with Gasteiger partial charge in [0.05, 0.1) is 11.1 Å². The lowest BCUT2D eigenvalue weighted by Crippen LogP contribution is -2.33. The fourth-order valence-corrected chi connectivity index (χ4v) is 4.88. The topological polar surface area (TPSA) is 38.8 Å². The number of halogens is 2. The molecule has 0 saturated carbocycles. The lowest BCUT2D eigenvalue weighted by molar-refractivity contribution is 0.0950. The van der Waals surface area contributed by atoms with Gasteiger partial charge in [-0.3, -0.25) is 9.69 Å². The first kappa shape index (κ1) is 23.9. The van der Waals surface area contributed by atoms with Crippen molar-refractivity contribution in [2.24, 2.45) is 0 Å². The fourth-order valence-electron chi connectivity index (χ4n) is 4.38. The maximum atomic E-state index is 13.1. The number of benzene rings is 3. The van der Waals surface area contributed by atoms with Crippen LogP contribution in [0, 0.1) is 0 Å².